The van der Waals surface area contributed by atoms with Gasteiger partial charge in [0.2, 0.25) is 6.79 Å². The Balaban J connectivity index is 2.23. The summed E-state index contributed by atoms with van der Waals surface area (Å²) >= 11 is 6.25. The summed E-state index contributed by atoms with van der Waals surface area (Å²) < 4.78 is 10.9. The van der Waals surface area contributed by atoms with E-state index >= 15 is 0 Å². The van der Waals surface area contributed by atoms with Crippen LogP contribution in [0, 0.1) is 0 Å². The molecule has 1 N–H and O–H groups in total. The highest BCUT2D eigenvalue weighted by Gasteiger charge is 2.45. The number of hydrogen-bond donors (Lipinski definition) is 1. The molecule has 0 radical (unpaired) electrons. The van der Waals surface area contributed by atoms with Crippen molar-refractivity contribution >= 4 is 17.6 Å². The van der Waals surface area contributed by atoms with Crippen LogP contribution in [-0.4, -0.2) is 17.9 Å². The largest absolute Gasteiger partial charge is 0.481 e. The number of rotatable bonds is 3. The number of halogens is 1. The maximum Gasteiger partial charge on any atom is 0.314 e. The molecule has 0 spiro atoms. The van der Waals surface area contributed by atoms with Crippen molar-refractivity contribution in [1.82, 2.24) is 0 Å². The van der Waals surface area contributed by atoms with Gasteiger partial charge in [0.15, 0.2) is 11.5 Å². The Hall–Kier alpha value is -1.42. The fraction of sp³-hybridized carbons (Fsp3) is 0.533. The first-order valence-electron chi connectivity index (χ1n) is 6.95. The second kappa shape index (κ2) is 4.85. The quantitative estimate of drug-likeness (QED) is 0.927. The Bertz CT molecular complexity index is 561. The molecule has 1 aromatic carbocycles. The predicted molar refractivity (Wildman–Crippen MR) is 74.7 cm³/mol. The molecule has 1 fully saturated rings. The summed E-state index contributed by atoms with van der Waals surface area (Å²) in [6.45, 7) is 2.14. The van der Waals surface area contributed by atoms with Crippen molar-refractivity contribution in [2.75, 3.05) is 6.79 Å². The molecule has 108 valence electrons. The molecule has 0 bridgehead atoms. The Morgan fingerprint density at radius 1 is 1.35 bits per heavy atom. The summed E-state index contributed by atoms with van der Waals surface area (Å²) in [7, 11) is 0. The van der Waals surface area contributed by atoms with Gasteiger partial charge in [-0.1, -0.05) is 31.4 Å². The van der Waals surface area contributed by atoms with Crippen LogP contribution in [-0.2, 0) is 16.6 Å². The van der Waals surface area contributed by atoms with Crippen molar-refractivity contribution in [2.45, 2.75) is 44.4 Å². The molecular weight excluding hydrogens is 280 g/mol. The van der Waals surface area contributed by atoms with Gasteiger partial charge in [0.05, 0.1) is 10.4 Å². The molecule has 3 rings (SSSR count). The first-order valence-corrected chi connectivity index (χ1v) is 7.33. The fourth-order valence-electron chi connectivity index (χ4n) is 3.44. The summed E-state index contributed by atoms with van der Waals surface area (Å²) in [6.07, 6.45) is 3.88. The Morgan fingerprint density at radius 3 is 2.60 bits per heavy atom. The third-order valence-electron chi connectivity index (χ3n) is 4.44. The summed E-state index contributed by atoms with van der Waals surface area (Å²) in [5.74, 6) is 0.410. The van der Waals surface area contributed by atoms with Gasteiger partial charge >= 0.3 is 5.97 Å². The molecular formula is C15H17ClO4. The normalized spacial score (nSPS) is 19.3. The van der Waals surface area contributed by atoms with Crippen molar-refractivity contribution in [3.05, 3.63) is 22.2 Å². The number of fused-ring (bicyclic) bond motifs is 1. The number of benzene rings is 1. The maximum atomic E-state index is 11.9. The molecule has 0 amide bonds. The Kier molecular flexibility index (Phi) is 3.28. The van der Waals surface area contributed by atoms with E-state index in [1.165, 1.54) is 0 Å². The van der Waals surface area contributed by atoms with E-state index in [-0.39, 0.29) is 6.79 Å². The van der Waals surface area contributed by atoms with Crippen LogP contribution in [0.4, 0.5) is 0 Å². The van der Waals surface area contributed by atoms with Crippen LogP contribution >= 0.6 is 11.6 Å². The second-order valence-electron chi connectivity index (χ2n) is 5.40. The third-order valence-corrected chi connectivity index (χ3v) is 4.72. The zero-order valence-electron chi connectivity index (χ0n) is 11.4. The molecule has 0 saturated heterocycles. The van der Waals surface area contributed by atoms with Gasteiger partial charge in [0.25, 0.3) is 0 Å². The van der Waals surface area contributed by atoms with Crippen LogP contribution in [0.15, 0.2) is 6.07 Å². The minimum absolute atomic E-state index is 0.144. The van der Waals surface area contributed by atoms with E-state index in [0.717, 1.165) is 24.0 Å². The molecule has 0 atom stereocenters. The minimum Gasteiger partial charge on any atom is -0.481 e. The van der Waals surface area contributed by atoms with Gasteiger partial charge in [-0.15, -0.1) is 0 Å². The zero-order valence-corrected chi connectivity index (χ0v) is 12.1. The summed E-state index contributed by atoms with van der Waals surface area (Å²) in [5, 5.41) is 10.2. The molecule has 1 heterocycles. The van der Waals surface area contributed by atoms with Crippen LogP contribution in [0.2, 0.25) is 5.02 Å². The van der Waals surface area contributed by atoms with Crippen molar-refractivity contribution in [3.63, 3.8) is 0 Å². The molecule has 0 unspecified atom stereocenters. The molecule has 1 aliphatic heterocycles. The van der Waals surface area contributed by atoms with E-state index < -0.39 is 11.4 Å². The van der Waals surface area contributed by atoms with E-state index in [1.807, 2.05) is 6.92 Å². The lowest BCUT2D eigenvalue weighted by Crippen LogP contribution is -2.33. The number of aliphatic carboxylic acids is 1. The predicted octanol–water partition coefficient (Wildman–Crippen LogP) is 3.53. The van der Waals surface area contributed by atoms with Crippen molar-refractivity contribution in [1.29, 1.82) is 0 Å². The first-order chi connectivity index (χ1) is 9.60. The monoisotopic (exact) mass is 296 g/mol. The molecule has 1 saturated carbocycles. The van der Waals surface area contributed by atoms with Crippen LogP contribution in [0.3, 0.4) is 0 Å². The van der Waals surface area contributed by atoms with Gasteiger partial charge in [-0.3, -0.25) is 4.79 Å². The Labute approximate surface area is 122 Å². The van der Waals surface area contributed by atoms with Crippen LogP contribution in [0.5, 0.6) is 11.5 Å². The summed E-state index contributed by atoms with van der Waals surface area (Å²) in [6, 6.07) is 1.77. The van der Waals surface area contributed by atoms with E-state index in [0.29, 0.717) is 35.8 Å². The molecule has 20 heavy (non-hydrogen) atoms. The first kappa shape index (κ1) is 13.6. The Morgan fingerprint density at radius 2 is 2.00 bits per heavy atom. The highest BCUT2D eigenvalue weighted by atomic mass is 35.5. The summed E-state index contributed by atoms with van der Waals surface area (Å²) in [5.41, 5.74) is 0.904. The average molecular weight is 297 g/mol. The third kappa shape index (κ3) is 1.78. The van der Waals surface area contributed by atoms with E-state index in [4.69, 9.17) is 21.1 Å². The number of ether oxygens (including phenoxy) is 2. The molecule has 4 nitrogen and oxygen atoms in total. The van der Waals surface area contributed by atoms with Crippen molar-refractivity contribution in [3.8, 4) is 11.5 Å². The number of carboxylic acids is 1. The minimum atomic E-state index is -0.823. The SMILES string of the molecule is CCc1c(C2(C(=O)O)CCCC2)cc(Cl)c2c1OCO2. The van der Waals surface area contributed by atoms with Crippen LogP contribution in [0.25, 0.3) is 0 Å². The molecule has 1 aliphatic carbocycles. The highest BCUT2D eigenvalue weighted by Crippen LogP contribution is 2.50. The lowest BCUT2D eigenvalue weighted by Gasteiger charge is -2.27. The average Bonchev–Trinajstić information content (AvgIpc) is 3.08. The van der Waals surface area contributed by atoms with Crippen LogP contribution < -0.4 is 9.47 Å². The van der Waals surface area contributed by atoms with Gasteiger partial charge < -0.3 is 14.6 Å². The standard InChI is InChI=1S/C15H17ClO4/c1-2-9-10(15(14(17)18)5-3-4-6-15)7-11(16)13-12(9)19-8-20-13/h7H,2-6,8H2,1H3,(H,17,18). The van der Waals surface area contributed by atoms with Gasteiger partial charge in [-0.2, -0.15) is 0 Å². The van der Waals surface area contributed by atoms with Gasteiger partial charge in [0.1, 0.15) is 0 Å². The van der Waals surface area contributed by atoms with Crippen molar-refractivity contribution < 1.29 is 19.4 Å². The number of hydrogen-bond acceptors (Lipinski definition) is 3. The van der Waals surface area contributed by atoms with E-state index in [9.17, 15) is 9.90 Å². The van der Waals surface area contributed by atoms with E-state index in [2.05, 4.69) is 0 Å². The maximum absolute atomic E-state index is 11.9. The highest BCUT2D eigenvalue weighted by molar-refractivity contribution is 6.32. The topological polar surface area (TPSA) is 55.8 Å². The number of carbonyl (C=O) groups is 1. The molecule has 5 heteroatoms. The van der Waals surface area contributed by atoms with Gasteiger partial charge in [-0.05, 0) is 30.9 Å². The zero-order chi connectivity index (χ0) is 14.3. The molecule has 2 aliphatic rings. The lowest BCUT2D eigenvalue weighted by molar-refractivity contribution is -0.143. The smallest absolute Gasteiger partial charge is 0.314 e. The van der Waals surface area contributed by atoms with Crippen molar-refractivity contribution in [2.24, 2.45) is 0 Å². The van der Waals surface area contributed by atoms with Crippen LogP contribution in [0.1, 0.15) is 43.7 Å². The lowest BCUT2D eigenvalue weighted by atomic mass is 9.76. The summed E-state index contributed by atoms with van der Waals surface area (Å²) in [4.78, 5) is 11.9. The molecule has 1 aromatic rings. The second-order valence-corrected chi connectivity index (χ2v) is 5.80. The van der Waals surface area contributed by atoms with Gasteiger partial charge in [-0.25, -0.2) is 0 Å². The van der Waals surface area contributed by atoms with E-state index in [1.54, 1.807) is 6.07 Å². The fourth-order valence-corrected chi connectivity index (χ4v) is 3.69. The van der Waals surface area contributed by atoms with Gasteiger partial charge in [0, 0.05) is 5.56 Å². The molecule has 0 aromatic heterocycles. The number of carboxylic acid groups (broad SMARTS) is 1.